The third-order valence-corrected chi connectivity index (χ3v) is 4.47. The molecule has 0 radical (unpaired) electrons. The van der Waals surface area contributed by atoms with Crippen molar-refractivity contribution in [3.05, 3.63) is 0 Å². The second kappa shape index (κ2) is 7.13. The molecule has 1 saturated carbocycles. The van der Waals surface area contributed by atoms with Crippen molar-refractivity contribution >= 4 is 5.91 Å². The number of nitrogens with one attached hydrogen (secondary N) is 1. The van der Waals surface area contributed by atoms with Crippen LogP contribution in [0.1, 0.15) is 58.3 Å². The number of rotatable bonds is 6. The molecule has 3 heteroatoms. The molecule has 2 rings (SSSR count). The fourth-order valence-corrected chi connectivity index (χ4v) is 3.28. The Morgan fingerprint density at radius 1 is 1.22 bits per heavy atom. The highest BCUT2D eigenvalue weighted by Crippen LogP contribution is 2.27. The molecule has 104 valence electrons. The summed E-state index contributed by atoms with van der Waals surface area (Å²) >= 11 is 0. The van der Waals surface area contributed by atoms with Gasteiger partial charge in [-0.2, -0.15) is 0 Å². The van der Waals surface area contributed by atoms with Crippen LogP contribution in [0.5, 0.6) is 0 Å². The van der Waals surface area contributed by atoms with Crippen molar-refractivity contribution in [1.29, 1.82) is 0 Å². The first-order chi connectivity index (χ1) is 8.81. The molecular formula is C15H28N2O. The fourth-order valence-electron chi connectivity index (χ4n) is 3.28. The van der Waals surface area contributed by atoms with Crippen molar-refractivity contribution < 1.29 is 4.79 Å². The minimum Gasteiger partial charge on any atom is -0.341 e. The average Bonchev–Trinajstić information content (AvgIpc) is 2.76. The maximum Gasteiger partial charge on any atom is 0.239 e. The summed E-state index contributed by atoms with van der Waals surface area (Å²) in [4.78, 5) is 14.2. The van der Waals surface area contributed by atoms with E-state index in [1.54, 1.807) is 0 Å². The first kappa shape index (κ1) is 13.9. The van der Waals surface area contributed by atoms with Crippen LogP contribution in [0, 0.1) is 5.92 Å². The van der Waals surface area contributed by atoms with Crippen LogP contribution in [0.15, 0.2) is 0 Å². The van der Waals surface area contributed by atoms with Gasteiger partial charge in [-0.05, 0) is 31.7 Å². The van der Waals surface area contributed by atoms with Gasteiger partial charge in [0.2, 0.25) is 5.91 Å². The Balaban J connectivity index is 1.68. The van der Waals surface area contributed by atoms with Gasteiger partial charge >= 0.3 is 0 Å². The summed E-state index contributed by atoms with van der Waals surface area (Å²) in [5, 5.41) is 3.36. The Bertz CT molecular complexity index is 261. The lowest BCUT2D eigenvalue weighted by molar-refractivity contribution is -0.129. The van der Waals surface area contributed by atoms with Gasteiger partial charge in [-0.25, -0.2) is 0 Å². The van der Waals surface area contributed by atoms with Gasteiger partial charge in [-0.3, -0.25) is 4.79 Å². The van der Waals surface area contributed by atoms with Crippen LogP contribution in [0.4, 0.5) is 0 Å². The van der Waals surface area contributed by atoms with Crippen molar-refractivity contribution in [2.24, 2.45) is 5.92 Å². The third kappa shape index (κ3) is 3.71. The van der Waals surface area contributed by atoms with Crippen LogP contribution in [-0.4, -0.2) is 36.5 Å². The van der Waals surface area contributed by atoms with Gasteiger partial charge in [0.1, 0.15) is 0 Å². The molecule has 1 amide bonds. The quantitative estimate of drug-likeness (QED) is 0.788. The number of carbonyl (C=O) groups is 1. The third-order valence-electron chi connectivity index (χ3n) is 4.47. The predicted molar refractivity (Wildman–Crippen MR) is 74.5 cm³/mol. The van der Waals surface area contributed by atoms with Crippen molar-refractivity contribution in [3.63, 3.8) is 0 Å². The molecule has 1 N–H and O–H groups in total. The number of hydrogen-bond acceptors (Lipinski definition) is 2. The maximum absolute atomic E-state index is 12.1. The summed E-state index contributed by atoms with van der Waals surface area (Å²) in [5.41, 5.74) is 0. The monoisotopic (exact) mass is 252 g/mol. The topological polar surface area (TPSA) is 32.3 Å². The molecule has 1 saturated heterocycles. The molecule has 3 nitrogen and oxygen atoms in total. The summed E-state index contributed by atoms with van der Waals surface area (Å²) < 4.78 is 0. The van der Waals surface area contributed by atoms with Crippen LogP contribution in [0.25, 0.3) is 0 Å². The molecule has 1 aliphatic heterocycles. The zero-order chi connectivity index (χ0) is 12.8. The van der Waals surface area contributed by atoms with Gasteiger partial charge in [0.25, 0.3) is 0 Å². The zero-order valence-electron chi connectivity index (χ0n) is 11.8. The van der Waals surface area contributed by atoms with E-state index in [2.05, 4.69) is 17.1 Å². The zero-order valence-corrected chi connectivity index (χ0v) is 11.8. The van der Waals surface area contributed by atoms with Crippen molar-refractivity contribution in [2.45, 2.75) is 64.3 Å². The van der Waals surface area contributed by atoms with E-state index in [0.717, 1.165) is 38.4 Å². The number of carbonyl (C=O) groups excluding carboxylic acids is 1. The molecule has 2 fully saturated rings. The first-order valence-electron chi connectivity index (χ1n) is 7.83. The Labute approximate surface area is 111 Å². The van der Waals surface area contributed by atoms with Crippen LogP contribution < -0.4 is 5.32 Å². The fraction of sp³-hybridized carbons (Fsp3) is 0.933. The van der Waals surface area contributed by atoms with E-state index in [1.165, 1.54) is 38.5 Å². The van der Waals surface area contributed by atoms with E-state index in [0.29, 0.717) is 5.91 Å². The van der Waals surface area contributed by atoms with Crippen LogP contribution in [-0.2, 0) is 4.79 Å². The summed E-state index contributed by atoms with van der Waals surface area (Å²) in [6.07, 6.45) is 10.3. The van der Waals surface area contributed by atoms with Crippen molar-refractivity contribution in [3.8, 4) is 0 Å². The lowest BCUT2D eigenvalue weighted by Gasteiger charge is -2.24. The summed E-state index contributed by atoms with van der Waals surface area (Å²) in [6, 6.07) is 0.108. The minimum atomic E-state index is 0.108. The number of amides is 1. The highest BCUT2D eigenvalue weighted by Gasteiger charge is 2.30. The van der Waals surface area contributed by atoms with E-state index >= 15 is 0 Å². The average molecular weight is 252 g/mol. The highest BCUT2D eigenvalue weighted by atomic mass is 16.2. The standard InChI is InChI=1S/C15H28N2O/c1-2-10-16-14-9-12-17(15(14)18)11-8-13-6-4-3-5-7-13/h13-14,16H,2-12H2,1H3. The lowest BCUT2D eigenvalue weighted by atomic mass is 9.87. The molecule has 0 spiro atoms. The number of likely N-dealkylation sites (tertiary alicyclic amines) is 1. The molecule has 0 aromatic rings. The van der Waals surface area contributed by atoms with Gasteiger partial charge in [0, 0.05) is 13.1 Å². The second-order valence-electron chi connectivity index (χ2n) is 5.91. The molecule has 1 unspecified atom stereocenters. The minimum absolute atomic E-state index is 0.108. The van der Waals surface area contributed by atoms with Crippen LogP contribution in [0.2, 0.25) is 0 Å². The number of nitrogens with zero attached hydrogens (tertiary/aromatic N) is 1. The normalized spacial score (nSPS) is 25.9. The summed E-state index contributed by atoms with van der Waals surface area (Å²) in [6.45, 7) is 5.07. The first-order valence-corrected chi connectivity index (χ1v) is 7.83. The molecule has 2 aliphatic rings. The molecule has 1 aliphatic carbocycles. The van der Waals surface area contributed by atoms with E-state index in [-0.39, 0.29) is 6.04 Å². The van der Waals surface area contributed by atoms with Crippen LogP contribution >= 0.6 is 0 Å². The molecule has 1 atom stereocenters. The van der Waals surface area contributed by atoms with Crippen molar-refractivity contribution in [2.75, 3.05) is 19.6 Å². The van der Waals surface area contributed by atoms with Gasteiger partial charge in [0.15, 0.2) is 0 Å². The predicted octanol–water partition coefficient (Wildman–Crippen LogP) is 2.56. The highest BCUT2D eigenvalue weighted by molar-refractivity contribution is 5.83. The van der Waals surface area contributed by atoms with Crippen LogP contribution in [0.3, 0.4) is 0 Å². The molecule has 0 bridgehead atoms. The van der Waals surface area contributed by atoms with Crippen molar-refractivity contribution in [1.82, 2.24) is 10.2 Å². The molecule has 0 aromatic carbocycles. The smallest absolute Gasteiger partial charge is 0.239 e. The summed E-state index contributed by atoms with van der Waals surface area (Å²) in [7, 11) is 0. The molecule has 1 heterocycles. The molecule has 18 heavy (non-hydrogen) atoms. The van der Waals surface area contributed by atoms with E-state index in [1.807, 2.05) is 0 Å². The Morgan fingerprint density at radius 3 is 2.72 bits per heavy atom. The van der Waals surface area contributed by atoms with E-state index < -0.39 is 0 Å². The van der Waals surface area contributed by atoms with E-state index in [9.17, 15) is 4.79 Å². The van der Waals surface area contributed by atoms with Gasteiger partial charge in [-0.15, -0.1) is 0 Å². The molecular weight excluding hydrogens is 224 g/mol. The maximum atomic E-state index is 12.1. The Kier molecular flexibility index (Phi) is 5.48. The lowest BCUT2D eigenvalue weighted by Crippen LogP contribution is -2.39. The van der Waals surface area contributed by atoms with E-state index in [4.69, 9.17) is 0 Å². The second-order valence-corrected chi connectivity index (χ2v) is 5.91. The number of hydrogen-bond donors (Lipinski definition) is 1. The van der Waals surface area contributed by atoms with Gasteiger partial charge in [0.05, 0.1) is 6.04 Å². The Hall–Kier alpha value is -0.570. The van der Waals surface area contributed by atoms with Gasteiger partial charge < -0.3 is 10.2 Å². The SMILES string of the molecule is CCCNC1CCN(CCC2CCCCC2)C1=O. The summed E-state index contributed by atoms with van der Waals surface area (Å²) in [5.74, 6) is 1.23. The van der Waals surface area contributed by atoms with Gasteiger partial charge in [-0.1, -0.05) is 39.0 Å². The largest absolute Gasteiger partial charge is 0.341 e. The molecule has 0 aromatic heterocycles. The Morgan fingerprint density at radius 2 is 2.00 bits per heavy atom.